The molecule has 2 fully saturated rings. The summed E-state index contributed by atoms with van der Waals surface area (Å²) in [4.78, 5) is 2.79. The average Bonchev–Trinajstić information content (AvgIpc) is 2.84. The zero-order chi connectivity index (χ0) is 13.1. The van der Waals surface area contributed by atoms with Crippen LogP contribution in [-0.2, 0) is 0 Å². The van der Waals surface area contributed by atoms with Crippen LogP contribution in [0.25, 0.3) is 0 Å². The molecule has 1 aliphatic carbocycles. The second-order valence-electron chi connectivity index (χ2n) is 6.41. The van der Waals surface area contributed by atoms with Gasteiger partial charge in [-0.15, -0.1) is 0 Å². The molecule has 0 N–H and O–H groups in total. The number of hydrogen-bond acceptors (Lipinski definition) is 1. The quantitative estimate of drug-likeness (QED) is 0.759. The van der Waals surface area contributed by atoms with Gasteiger partial charge in [-0.2, -0.15) is 0 Å². The van der Waals surface area contributed by atoms with Crippen molar-refractivity contribution in [1.82, 2.24) is 4.90 Å². The van der Waals surface area contributed by atoms with Crippen LogP contribution < -0.4 is 0 Å². The molecule has 3 atom stereocenters. The van der Waals surface area contributed by atoms with Crippen molar-refractivity contribution in [3.63, 3.8) is 0 Å². The minimum Gasteiger partial charge on any atom is -0.296 e. The first kappa shape index (κ1) is 13.2. The van der Waals surface area contributed by atoms with Gasteiger partial charge in [0.05, 0.1) is 0 Å². The van der Waals surface area contributed by atoms with Gasteiger partial charge in [-0.3, -0.25) is 4.90 Å². The van der Waals surface area contributed by atoms with Crippen molar-refractivity contribution in [2.24, 2.45) is 11.8 Å². The van der Waals surface area contributed by atoms with E-state index in [1.54, 1.807) is 5.56 Å². The number of benzene rings is 1. The Kier molecular flexibility index (Phi) is 4.22. The van der Waals surface area contributed by atoms with Gasteiger partial charge in [-0.1, -0.05) is 56.5 Å². The second-order valence-corrected chi connectivity index (χ2v) is 6.41. The Balaban J connectivity index is 1.82. The summed E-state index contributed by atoms with van der Waals surface area (Å²) in [6.45, 7) is 4.95. The lowest BCUT2D eigenvalue weighted by atomic mass is 9.77. The molecule has 1 aromatic rings. The Morgan fingerprint density at radius 3 is 2.68 bits per heavy atom. The molecule has 1 heterocycles. The molecule has 0 spiro atoms. The number of hydrogen-bond donors (Lipinski definition) is 0. The lowest BCUT2D eigenvalue weighted by Gasteiger charge is -2.31. The fourth-order valence-corrected chi connectivity index (χ4v) is 4.26. The lowest BCUT2D eigenvalue weighted by Crippen LogP contribution is -2.26. The summed E-state index contributed by atoms with van der Waals surface area (Å²) < 4.78 is 0. The van der Waals surface area contributed by atoms with E-state index in [-0.39, 0.29) is 0 Å². The zero-order valence-corrected chi connectivity index (χ0v) is 12.2. The number of unbranched alkanes of at least 4 members (excludes halogenated alkanes) is 1. The van der Waals surface area contributed by atoms with Crippen LogP contribution in [0.3, 0.4) is 0 Å². The predicted octanol–water partition coefficient (Wildman–Crippen LogP) is 4.65. The van der Waals surface area contributed by atoms with E-state index in [0.717, 1.165) is 11.8 Å². The van der Waals surface area contributed by atoms with Gasteiger partial charge in [0.15, 0.2) is 0 Å². The molecule has 0 radical (unpaired) electrons. The minimum absolute atomic E-state index is 0.707. The van der Waals surface area contributed by atoms with Crippen molar-refractivity contribution in [3.05, 3.63) is 35.9 Å². The fraction of sp³-hybridized carbons (Fsp3) is 0.667. The third-order valence-corrected chi connectivity index (χ3v) is 5.18. The first-order valence-electron chi connectivity index (χ1n) is 8.19. The summed E-state index contributed by atoms with van der Waals surface area (Å²) in [6.07, 6.45) is 8.50. The van der Waals surface area contributed by atoms with Crippen LogP contribution in [0.4, 0.5) is 0 Å². The van der Waals surface area contributed by atoms with Crippen LogP contribution in [0.1, 0.15) is 57.1 Å². The maximum Gasteiger partial charge on any atom is 0.0379 e. The molecule has 0 unspecified atom stereocenters. The summed E-state index contributed by atoms with van der Waals surface area (Å²) in [6, 6.07) is 12.0. The maximum absolute atomic E-state index is 2.79. The van der Waals surface area contributed by atoms with Crippen LogP contribution in [0.5, 0.6) is 0 Å². The largest absolute Gasteiger partial charge is 0.296 e. The molecule has 1 aromatic carbocycles. The monoisotopic (exact) mass is 257 g/mol. The third-order valence-electron chi connectivity index (χ3n) is 5.18. The fourth-order valence-electron chi connectivity index (χ4n) is 4.26. The molecule has 0 amide bonds. The van der Waals surface area contributed by atoms with E-state index in [4.69, 9.17) is 0 Å². The topological polar surface area (TPSA) is 3.24 Å². The van der Waals surface area contributed by atoms with E-state index in [0.29, 0.717) is 6.04 Å². The molecule has 3 rings (SSSR count). The summed E-state index contributed by atoms with van der Waals surface area (Å²) >= 11 is 0. The standard InChI is InChI=1S/C18H27N/c1-2-3-13-19-14-16-11-7-8-12-17(16)18(19)15-9-5-4-6-10-15/h4-6,9-10,16-18H,2-3,7-8,11-14H2,1H3/t16-,17-,18-/m0/s1. The molecule has 2 aliphatic rings. The van der Waals surface area contributed by atoms with Crippen molar-refractivity contribution >= 4 is 0 Å². The average molecular weight is 257 g/mol. The van der Waals surface area contributed by atoms with E-state index < -0.39 is 0 Å². The van der Waals surface area contributed by atoms with E-state index >= 15 is 0 Å². The van der Waals surface area contributed by atoms with Crippen LogP contribution in [0.15, 0.2) is 30.3 Å². The molecule has 1 saturated heterocycles. The lowest BCUT2D eigenvalue weighted by molar-refractivity contribution is 0.211. The normalized spacial score (nSPS) is 31.3. The van der Waals surface area contributed by atoms with Crippen molar-refractivity contribution < 1.29 is 0 Å². The number of rotatable bonds is 4. The Morgan fingerprint density at radius 1 is 1.11 bits per heavy atom. The number of fused-ring (bicyclic) bond motifs is 1. The second kappa shape index (κ2) is 6.09. The highest BCUT2D eigenvalue weighted by Gasteiger charge is 2.42. The van der Waals surface area contributed by atoms with Gasteiger partial charge in [-0.05, 0) is 43.2 Å². The molecular formula is C18H27N. The Bertz CT molecular complexity index is 386. The predicted molar refractivity (Wildman–Crippen MR) is 81.1 cm³/mol. The van der Waals surface area contributed by atoms with Gasteiger partial charge < -0.3 is 0 Å². The van der Waals surface area contributed by atoms with Crippen LogP contribution in [0.2, 0.25) is 0 Å². The SMILES string of the molecule is CCCCN1C[C@@H]2CCCC[C@@H]2[C@@H]1c1ccccc1. The van der Waals surface area contributed by atoms with E-state index in [2.05, 4.69) is 42.2 Å². The summed E-state index contributed by atoms with van der Waals surface area (Å²) in [7, 11) is 0. The zero-order valence-electron chi connectivity index (χ0n) is 12.2. The molecule has 1 aliphatic heterocycles. The third kappa shape index (κ3) is 2.72. The Labute approximate surface area is 118 Å². The van der Waals surface area contributed by atoms with E-state index in [1.165, 1.54) is 51.6 Å². The van der Waals surface area contributed by atoms with Crippen LogP contribution >= 0.6 is 0 Å². The first-order chi connectivity index (χ1) is 9.40. The van der Waals surface area contributed by atoms with Crippen molar-refractivity contribution in [2.75, 3.05) is 13.1 Å². The minimum atomic E-state index is 0.707. The smallest absolute Gasteiger partial charge is 0.0379 e. The van der Waals surface area contributed by atoms with E-state index in [1.807, 2.05) is 0 Å². The van der Waals surface area contributed by atoms with Gasteiger partial charge in [0.25, 0.3) is 0 Å². The van der Waals surface area contributed by atoms with Crippen molar-refractivity contribution in [1.29, 1.82) is 0 Å². The number of nitrogens with zero attached hydrogens (tertiary/aromatic N) is 1. The van der Waals surface area contributed by atoms with Crippen molar-refractivity contribution in [2.45, 2.75) is 51.5 Å². The summed E-state index contributed by atoms with van der Waals surface area (Å²) in [5.74, 6) is 1.89. The highest BCUT2D eigenvalue weighted by Crippen LogP contribution is 2.47. The molecule has 1 saturated carbocycles. The van der Waals surface area contributed by atoms with Crippen LogP contribution in [-0.4, -0.2) is 18.0 Å². The first-order valence-corrected chi connectivity index (χ1v) is 8.19. The maximum atomic E-state index is 2.79. The van der Waals surface area contributed by atoms with Crippen LogP contribution in [0, 0.1) is 11.8 Å². The summed E-state index contributed by atoms with van der Waals surface area (Å²) in [5.41, 5.74) is 1.56. The molecule has 0 aromatic heterocycles. The van der Waals surface area contributed by atoms with Gasteiger partial charge in [0.1, 0.15) is 0 Å². The van der Waals surface area contributed by atoms with Crippen molar-refractivity contribution in [3.8, 4) is 0 Å². The van der Waals surface area contributed by atoms with Gasteiger partial charge >= 0.3 is 0 Å². The molecule has 104 valence electrons. The Morgan fingerprint density at radius 2 is 1.89 bits per heavy atom. The van der Waals surface area contributed by atoms with Gasteiger partial charge in [0.2, 0.25) is 0 Å². The molecule has 19 heavy (non-hydrogen) atoms. The molecular weight excluding hydrogens is 230 g/mol. The molecule has 1 heteroatoms. The van der Waals surface area contributed by atoms with Gasteiger partial charge in [-0.25, -0.2) is 0 Å². The molecule has 1 nitrogen and oxygen atoms in total. The highest BCUT2D eigenvalue weighted by atomic mass is 15.2. The van der Waals surface area contributed by atoms with E-state index in [9.17, 15) is 0 Å². The summed E-state index contributed by atoms with van der Waals surface area (Å²) in [5, 5.41) is 0. The highest BCUT2D eigenvalue weighted by molar-refractivity contribution is 5.22. The number of likely N-dealkylation sites (tertiary alicyclic amines) is 1. The Hall–Kier alpha value is -0.820. The van der Waals surface area contributed by atoms with Gasteiger partial charge in [0, 0.05) is 12.6 Å². The molecule has 0 bridgehead atoms.